The van der Waals surface area contributed by atoms with Crippen LogP contribution in [0.3, 0.4) is 0 Å². The van der Waals surface area contributed by atoms with Crippen molar-refractivity contribution in [2.75, 3.05) is 25.1 Å². The maximum Gasteiger partial charge on any atom is 0.354 e. The summed E-state index contributed by atoms with van der Waals surface area (Å²) in [5.74, 6) is -0.634. The normalized spacial score (nSPS) is 16.2. The van der Waals surface area contributed by atoms with E-state index in [2.05, 4.69) is 4.98 Å². The summed E-state index contributed by atoms with van der Waals surface area (Å²) in [6.07, 6.45) is 1.40. The molecule has 19 heavy (non-hydrogen) atoms. The zero-order chi connectivity index (χ0) is 13.8. The number of carbonyl (C=O) groups is 2. The highest BCUT2D eigenvalue weighted by molar-refractivity contribution is 5.85. The van der Waals surface area contributed by atoms with Crippen LogP contribution >= 0.6 is 0 Å². The van der Waals surface area contributed by atoms with Gasteiger partial charge in [-0.25, -0.2) is 9.78 Å². The van der Waals surface area contributed by atoms with Gasteiger partial charge in [0.2, 0.25) is 0 Å². The van der Waals surface area contributed by atoms with Crippen LogP contribution in [0.5, 0.6) is 0 Å². The Balaban J connectivity index is 2.03. The lowest BCUT2D eigenvalue weighted by Gasteiger charge is -2.31. The van der Waals surface area contributed by atoms with E-state index in [9.17, 15) is 9.59 Å². The summed E-state index contributed by atoms with van der Waals surface area (Å²) in [6, 6.07) is 4.93. The molecule has 1 aromatic rings. The number of pyridine rings is 1. The molecular weight excluding hydrogens is 248 g/mol. The van der Waals surface area contributed by atoms with Crippen molar-refractivity contribution < 1.29 is 19.4 Å². The van der Waals surface area contributed by atoms with Crippen molar-refractivity contribution in [3.63, 3.8) is 0 Å². The van der Waals surface area contributed by atoms with Gasteiger partial charge in [0, 0.05) is 13.1 Å². The second-order valence-corrected chi connectivity index (χ2v) is 4.47. The fourth-order valence-corrected chi connectivity index (χ4v) is 2.23. The van der Waals surface area contributed by atoms with Gasteiger partial charge in [-0.15, -0.1) is 0 Å². The molecule has 0 spiro atoms. The minimum atomic E-state index is -1.04. The van der Waals surface area contributed by atoms with Gasteiger partial charge in [0.15, 0.2) is 5.69 Å². The minimum Gasteiger partial charge on any atom is -0.477 e. The van der Waals surface area contributed by atoms with Crippen LogP contribution in [0.15, 0.2) is 18.2 Å². The summed E-state index contributed by atoms with van der Waals surface area (Å²) >= 11 is 0. The van der Waals surface area contributed by atoms with Crippen molar-refractivity contribution in [2.24, 2.45) is 5.92 Å². The number of aromatic carboxylic acids is 1. The van der Waals surface area contributed by atoms with Crippen LogP contribution in [0.2, 0.25) is 0 Å². The molecule has 1 saturated heterocycles. The Kier molecular flexibility index (Phi) is 3.99. The number of hydrogen-bond acceptors (Lipinski definition) is 5. The Morgan fingerprint density at radius 3 is 2.63 bits per heavy atom. The highest BCUT2D eigenvalue weighted by Gasteiger charge is 2.26. The third-order valence-corrected chi connectivity index (χ3v) is 3.31. The Hall–Kier alpha value is -2.11. The Labute approximate surface area is 111 Å². The molecule has 6 nitrogen and oxygen atoms in total. The van der Waals surface area contributed by atoms with Gasteiger partial charge in [-0.3, -0.25) is 4.79 Å². The standard InChI is InChI=1S/C13H16N2O4/c1-19-13(18)9-5-7-15(8-6-9)11-4-2-3-10(14-11)12(16)17/h2-4,9H,5-8H2,1H3,(H,16,17). The second-order valence-electron chi connectivity index (χ2n) is 4.47. The lowest BCUT2D eigenvalue weighted by Crippen LogP contribution is -2.37. The molecule has 1 N–H and O–H groups in total. The molecule has 6 heteroatoms. The van der Waals surface area contributed by atoms with Gasteiger partial charge in [0.1, 0.15) is 5.82 Å². The SMILES string of the molecule is COC(=O)C1CCN(c2cccc(C(=O)O)n2)CC1. The molecule has 2 heterocycles. The Bertz CT molecular complexity index is 481. The molecule has 0 atom stereocenters. The average Bonchev–Trinajstić information content (AvgIpc) is 2.46. The molecule has 0 radical (unpaired) electrons. The van der Waals surface area contributed by atoms with Crippen LogP contribution in [0.1, 0.15) is 23.3 Å². The summed E-state index contributed by atoms with van der Waals surface area (Å²) in [5, 5.41) is 8.91. The average molecular weight is 264 g/mol. The summed E-state index contributed by atoms with van der Waals surface area (Å²) in [5.41, 5.74) is 0.0348. The number of methoxy groups -OCH3 is 1. The number of esters is 1. The molecule has 102 valence electrons. The summed E-state index contributed by atoms with van der Waals surface area (Å²) in [6.45, 7) is 1.35. The third kappa shape index (κ3) is 3.01. The van der Waals surface area contributed by atoms with Gasteiger partial charge < -0.3 is 14.7 Å². The van der Waals surface area contributed by atoms with E-state index in [1.165, 1.54) is 13.2 Å². The highest BCUT2D eigenvalue weighted by Crippen LogP contribution is 2.22. The topological polar surface area (TPSA) is 79.7 Å². The molecule has 2 rings (SSSR count). The first-order chi connectivity index (χ1) is 9.11. The van der Waals surface area contributed by atoms with Gasteiger partial charge >= 0.3 is 11.9 Å². The molecule has 0 unspecified atom stereocenters. The van der Waals surface area contributed by atoms with E-state index in [1.807, 2.05) is 4.90 Å². The lowest BCUT2D eigenvalue weighted by atomic mass is 9.97. The van der Waals surface area contributed by atoms with E-state index in [-0.39, 0.29) is 17.6 Å². The predicted octanol–water partition coefficient (Wildman–Crippen LogP) is 1.17. The molecule has 0 bridgehead atoms. The fraction of sp³-hybridized carbons (Fsp3) is 0.462. The number of piperidine rings is 1. The number of carboxylic acid groups (broad SMARTS) is 1. The van der Waals surface area contributed by atoms with Gasteiger partial charge in [-0.1, -0.05) is 6.07 Å². The number of hydrogen-bond donors (Lipinski definition) is 1. The van der Waals surface area contributed by atoms with E-state index in [4.69, 9.17) is 9.84 Å². The number of carboxylic acids is 1. The molecule has 0 saturated carbocycles. The van der Waals surface area contributed by atoms with Crippen molar-refractivity contribution >= 4 is 17.8 Å². The smallest absolute Gasteiger partial charge is 0.354 e. The summed E-state index contributed by atoms with van der Waals surface area (Å²) in [7, 11) is 1.40. The number of ether oxygens (including phenoxy) is 1. The molecule has 0 aliphatic carbocycles. The van der Waals surface area contributed by atoms with Crippen molar-refractivity contribution in [2.45, 2.75) is 12.8 Å². The van der Waals surface area contributed by atoms with Crippen LogP contribution in [-0.2, 0) is 9.53 Å². The number of carbonyl (C=O) groups excluding carboxylic acids is 1. The van der Waals surface area contributed by atoms with E-state index < -0.39 is 5.97 Å². The predicted molar refractivity (Wildman–Crippen MR) is 68.1 cm³/mol. The molecule has 1 aliphatic heterocycles. The van der Waals surface area contributed by atoms with E-state index >= 15 is 0 Å². The first-order valence-electron chi connectivity index (χ1n) is 6.15. The van der Waals surface area contributed by atoms with Crippen LogP contribution in [-0.4, -0.2) is 42.2 Å². The fourth-order valence-electron chi connectivity index (χ4n) is 2.23. The monoisotopic (exact) mass is 264 g/mol. The molecule has 0 aromatic carbocycles. The van der Waals surface area contributed by atoms with Gasteiger partial charge in [0.25, 0.3) is 0 Å². The summed E-state index contributed by atoms with van der Waals surface area (Å²) in [4.78, 5) is 28.4. The van der Waals surface area contributed by atoms with Crippen molar-refractivity contribution in [1.82, 2.24) is 4.98 Å². The van der Waals surface area contributed by atoms with E-state index in [0.717, 1.165) is 0 Å². The first kappa shape index (κ1) is 13.3. The molecular formula is C13H16N2O4. The number of aromatic nitrogens is 1. The van der Waals surface area contributed by atoms with Crippen LogP contribution in [0.25, 0.3) is 0 Å². The van der Waals surface area contributed by atoms with Gasteiger partial charge in [-0.2, -0.15) is 0 Å². The minimum absolute atomic E-state index is 0.0348. The number of anilines is 1. The first-order valence-corrected chi connectivity index (χ1v) is 6.15. The van der Waals surface area contributed by atoms with Crippen molar-refractivity contribution in [3.8, 4) is 0 Å². The maximum atomic E-state index is 11.4. The summed E-state index contributed by atoms with van der Waals surface area (Å²) < 4.78 is 4.73. The van der Waals surface area contributed by atoms with Gasteiger partial charge in [0.05, 0.1) is 13.0 Å². The number of nitrogens with zero attached hydrogens (tertiary/aromatic N) is 2. The zero-order valence-electron chi connectivity index (χ0n) is 10.7. The third-order valence-electron chi connectivity index (χ3n) is 3.31. The Morgan fingerprint density at radius 1 is 1.37 bits per heavy atom. The zero-order valence-corrected chi connectivity index (χ0v) is 10.7. The van der Waals surface area contributed by atoms with Crippen LogP contribution in [0, 0.1) is 5.92 Å². The van der Waals surface area contributed by atoms with Crippen molar-refractivity contribution in [1.29, 1.82) is 0 Å². The Morgan fingerprint density at radius 2 is 2.05 bits per heavy atom. The second kappa shape index (κ2) is 5.69. The highest BCUT2D eigenvalue weighted by atomic mass is 16.5. The van der Waals surface area contributed by atoms with Gasteiger partial charge in [-0.05, 0) is 25.0 Å². The van der Waals surface area contributed by atoms with Crippen LogP contribution < -0.4 is 4.90 Å². The lowest BCUT2D eigenvalue weighted by molar-refractivity contribution is -0.146. The maximum absolute atomic E-state index is 11.4. The van der Waals surface area contributed by atoms with E-state index in [1.54, 1.807) is 12.1 Å². The van der Waals surface area contributed by atoms with Crippen molar-refractivity contribution in [3.05, 3.63) is 23.9 Å². The quantitative estimate of drug-likeness (QED) is 0.825. The van der Waals surface area contributed by atoms with Crippen LogP contribution in [0.4, 0.5) is 5.82 Å². The number of rotatable bonds is 3. The molecule has 1 aromatic heterocycles. The molecule has 1 aliphatic rings. The van der Waals surface area contributed by atoms with E-state index in [0.29, 0.717) is 31.7 Å². The molecule has 0 amide bonds. The molecule has 1 fully saturated rings. The largest absolute Gasteiger partial charge is 0.477 e.